The zero-order chi connectivity index (χ0) is 62.7. The molecular formula is C46H38N29NaO10P2. The van der Waals surface area contributed by atoms with E-state index in [0.29, 0.717) is 40.4 Å². The predicted molar refractivity (Wildman–Crippen MR) is 298 cm³/mol. The number of nitrogens with one attached hydrogen (secondary N) is 2. The van der Waals surface area contributed by atoms with Crippen molar-refractivity contribution in [2.24, 2.45) is 15.6 Å². The van der Waals surface area contributed by atoms with Crippen LogP contribution in [0.15, 0.2) is 156 Å². The van der Waals surface area contributed by atoms with Gasteiger partial charge in [-0.3, -0.25) is 10.2 Å². The number of nitrogen functional groups attached to an aromatic ring is 1. The first-order valence-corrected chi connectivity index (χ1v) is 25.5. The smallest absolute Gasteiger partial charge is 0.674 e. The molecule has 0 spiro atoms. The van der Waals surface area contributed by atoms with Gasteiger partial charge in [-0.25, -0.2) is 54.4 Å². The first-order chi connectivity index (χ1) is 42.2. The summed E-state index contributed by atoms with van der Waals surface area (Å²) in [7, 11) is -6.20. The Hall–Kier alpha value is -11.7. The molecule has 0 saturated heterocycles. The maximum atomic E-state index is 8.93. The Morgan fingerprint density at radius 1 is 0.670 bits per heavy atom. The summed E-state index contributed by atoms with van der Waals surface area (Å²) in [6, 6.07) is 26.8. The van der Waals surface area contributed by atoms with E-state index >= 15 is 0 Å². The van der Waals surface area contributed by atoms with Gasteiger partial charge in [-0.2, -0.15) is 38.8 Å². The molecule has 0 fully saturated rings. The van der Waals surface area contributed by atoms with Crippen molar-refractivity contribution >= 4 is 68.0 Å². The van der Waals surface area contributed by atoms with Gasteiger partial charge in [0.2, 0.25) is 11.3 Å². The summed E-state index contributed by atoms with van der Waals surface area (Å²) in [6.45, 7) is 24.7. The Balaban J connectivity index is 0.000000304. The molecule has 39 nitrogen and oxygen atoms in total. The van der Waals surface area contributed by atoms with Crippen molar-refractivity contribution in [2.45, 2.75) is 13.8 Å². The molecule has 0 amide bonds. The van der Waals surface area contributed by atoms with Gasteiger partial charge in [0.25, 0.3) is 17.6 Å². The quantitative estimate of drug-likeness (QED) is 0.0231. The maximum Gasteiger partial charge on any atom is 1.00 e. The van der Waals surface area contributed by atoms with Crippen LogP contribution in [0.2, 0.25) is 0 Å². The Kier molecular flexibility index (Phi) is 26.1. The molecule has 10 heterocycles. The molecule has 0 aliphatic carbocycles. The van der Waals surface area contributed by atoms with E-state index < -0.39 is 16.5 Å². The molecule has 10 aromatic heterocycles. The van der Waals surface area contributed by atoms with Crippen LogP contribution in [-0.4, -0.2) is 104 Å². The average Bonchev–Trinajstić information content (AvgIpc) is 1.91. The van der Waals surface area contributed by atoms with Crippen LogP contribution in [-0.2, 0) is 18.5 Å². The fourth-order valence-electron chi connectivity index (χ4n) is 6.66. The van der Waals surface area contributed by atoms with Gasteiger partial charge < -0.3 is 30.9 Å². The second-order valence-electron chi connectivity index (χ2n) is 15.4. The number of benzene rings is 2. The predicted octanol–water partition coefficient (Wildman–Crippen LogP) is 4.04. The molecule has 0 radical (unpaired) electrons. The number of aryl methyl sites for hydroxylation is 2. The second kappa shape index (κ2) is 34.2. The summed E-state index contributed by atoms with van der Waals surface area (Å²) >= 11 is 0. The zero-order valence-corrected chi connectivity index (χ0v) is 48.8. The van der Waals surface area contributed by atoms with Crippen molar-refractivity contribution < 1.29 is 71.2 Å². The molecule has 0 aliphatic heterocycles. The Morgan fingerprint density at radius 3 is 1.61 bits per heavy atom. The van der Waals surface area contributed by atoms with Crippen LogP contribution in [0.25, 0.3) is 71.2 Å². The average molecular weight is 1240 g/mol. The topological polar surface area (TPSA) is 509 Å². The Labute approximate surface area is 518 Å². The van der Waals surface area contributed by atoms with Crippen LogP contribution in [0.5, 0.6) is 0 Å². The fourth-order valence-corrected chi connectivity index (χ4v) is 6.66. The van der Waals surface area contributed by atoms with E-state index in [9.17, 15) is 0 Å². The third-order valence-electron chi connectivity index (χ3n) is 10.1. The molecule has 12 rings (SSSR count). The van der Waals surface area contributed by atoms with Gasteiger partial charge in [0, 0.05) is 61.3 Å². The number of hydrogen-bond acceptors (Lipinski definition) is 28. The molecule has 0 bridgehead atoms. The van der Waals surface area contributed by atoms with E-state index in [1.165, 1.54) is 45.0 Å². The summed E-state index contributed by atoms with van der Waals surface area (Å²) < 4.78 is 30.1. The fraction of sp³-hybridized carbons (Fsp3) is 0.0435. The SMILES string of the molecule is Cc1nc2cc(-c3ccccc3)[nH]n2n1.O=N[O-].O=[P+]([O-])OO.O=[P+]([O-])O[O-].[C-]#[N+]c1cnn(-c2ncccn2)c1N.[C-]#[N+]c1cnn(-c2ncccn2)c1N=Nc1c(-c2ccccc2)[nH]n2nc(C)nc12.[C-]#[N+]c1cnn(-c2ncccn2)c1[N+]#N.[HH].[HH].[Na+]. The van der Waals surface area contributed by atoms with Crippen LogP contribution in [0, 0.1) is 49.1 Å². The molecule has 12 aromatic rings. The monoisotopic (exact) mass is 1240 g/mol. The molecule has 438 valence electrons. The van der Waals surface area contributed by atoms with Crippen LogP contribution < -0.4 is 50.3 Å². The number of rotatable bonds is 9. The minimum absolute atomic E-state index is 0. The molecule has 2 atom stereocenters. The van der Waals surface area contributed by atoms with Crippen LogP contribution in [0.3, 0.4) is 0 Å². The third-order valence-corrected chi connectivity index (χ3v) is 10.3. The van der Waals surface area contributed by atoms with E-state index in [2.05, 4.69) is 127 Å². The van der Waals surface area contributed by atoms with E-state index in [1.54, 1.807) is 59.2 Å². The normalized spacial score (nSPS) is 10.2. The minimum Gasteiger partial charge on any atom is -0.674 e. The zero-order valence-electron chi connectivity index (χ0n) is 45.0. The van der Waals surface area contributed by atoms with Gasteiger partial charge in [0.1, 0.15) is 17.5 Å². The molecule has 2 unspecified atom stereocenters. The molecule has 42 heteroatoms. The number of nitrogens with two attached hydrogens (primary N) is 1. The van der Waals surface area contributed by atoms with E-state index in [4.69, 9.17) is 70.4 Å². The molecule has 0 saturated carbocycles. The van der Waals surface area contributed by atoms with Gasteiger partial charge in [-0.1, -0.05) is 70.4 Å². The van der Waals surface area contributed by atoms with Crippen LogP contribution in [0.1, 0.15) is 14.5 Å². The first kappa shape index (κ1) is 67.1. The summed E-state index contributed by atoms with van der Waals surface area (Å²) in [5.74, 6) is 2.79. The van der Waals surface area contributed by atoms with Gasteiger partial charge in [-0.15, -0.1) is 25.8 Å². The number of aromatic nitrogens is 20. The largest absolute Gasteiger partial charge is 1.00 e. The van der Waals surface area contributed by atoms with Crippen LogP contribution in [0.4, 0.5) is 40.2 Å². The number of H-pyrrole nitrogens is 2. The van der Waals surface area contributed by atoms with E-state index in [-0.39, 0.29) is 67.2 Å². The summed E-state index contributed by atoms with van der Waals surface area (Å²) in [6.07, 6.45) is 13.5. The van der Waals surface area contributed by atoms with Gasteiger partial charge in [0.05, 0.1) is 55.1 Å². The van der Waals surface area contributed by atoms with Gasteiger partial charge >= 0.3 is 63.5 Å². The summed E-state index contributed by atoms with van der Waals surface area (Å²) in [4.78, 5) is 71.5. The van der Waals surface area contributed by atoms with Crippen LogP contribution >= 0.6 is 16.5 Å². The Bertz CT molecular complexity index is 4390. The van der Waals surface area contributed by atoms with E-state index in [0.717, 1.165) is 33.6 Å². The number of diazo groups is 1. The Morgan fingerprint density at radius 2 is 1.12 bits per heavy atom. The standard InChI is InChI=1S/C19H13N11.C11H10N4.C8H4N7.C8H6N6.HNO2.Na.2HO4P.2H2/c1-12-24-18-16(15(28-30(18)27-12)13-7-4-3-5-8-13)25-26-17-14(20-2)11-23-29(17)19-21-9-6-10-22-19;1-8-12-11-7-10(14-15(11)13-8)9-5-3-2-4-6-9;1-10-6-5-13-15(7(6)14-9)8-11-3-2-4-12-8;1-10-6-5-13-14(7(6)9)8-11-3-2-4-12-8;2-1-3;;2*1-4-5(2)3;;/h3-11,28H,1H3;2-7,14H,1H3;2-5H;2-5H,9H2;(H,2,3);;2*1H;2*1H/q;;+1;;;+1;;;;/p-2. The minimum atomic E-state index is -3.15. The number of hydrogen-bond donors (Lipinski definition) is 4. The summed E-state index contributed by atoms with van der Waals surface area (Å²) in [5, 5.41) is 68.9. The number of anilines is 1. The number of aromatic amines is 2. The van der Waals surface area contributed by atoms with Crippen molar-refractivity contribution in [3.63, 3.8) is 0 Å². The molecule has 5 N–H and O–H groups in total. The third kappa shape index (κ3) is 18.2. The first-order valence-electron chi connectivity index (χ1n) is 23.3. The molecule has 0 aliphatic rings. The van der Waals surface area contributed by atoms with Crippen molar-refractivity contribution in [3.05, 3.63) is 202 Å². The van der Waals surface area contributed by atoms with Gasteiger partial charge in [0.15, 0.2) is 17.2 Å². The van der Waals surface area contributed by atoms with Crippen molar-refractivity contribution in [3.8, 4) is 40.4 Å². The molecule has 2 aromatic carbocycles. The van der Waals surface area contributed by atoms with Crippen molar-refractivity contribution in [1.29, 1.82) is 5.39 Å². The summed E-state index contributed by atoms with van der Waals surface area (Å²) in [5.41, 5.74) is 12.0. The second-order valence-corrected chi connectivity index (χ2v) is 16.6. The van der Waals surface area contributed by atoms with Crippen molar-refractivity contribution in [1.82, 2.24) is 98.9 Å². The molecular weight excluding hydrogens is 1200 g/mol. The maximum absolute atomic E-state index is 8.93. The number of fused-ring (bicyclic) bond motifs is 2. The van der Waals surface area contributed by atoms with Gasteiger partial charge in [-0.05, 0) is 46.7 Å². The number of azo groups is 1. The van der Waals surface area contributed by atoms with Crippen molar-refractivity contribution in [2.75, 3.05) is 5.73 Å². The van der Waals surface area contributed by atoms with E-state index in [1.807, 2.05) is 61.5 Å². The molecule has 88 heavy (non-hydrogen) atoms. The number of nitrogens with zero attached hydrogens (tertiary/aromatic N) is 26.